The van der Waals surface area contributed by atoms with E-state index in [9.17, 15) is 0 Å². The van der Waals surface area contributed by atoms with Gasteiger partial charge in [0.15, 0.2) is 0 Å². The highest BCUT2D eigenvalue weighted by atomic mass is 15.1. The van der Waals surface area contributed by atoms with Crippen molar-refractivity contribution in [3.63, 3.8) is 0 Å². The molecule has 0 spiro atoms. The summed E-state index contributed by atoms with van der Waals surface area (Å²) in [5, 5.41) is 3.59. The van der Waals surface area contributed by atoms with Crippen LogP contribution in [0.3, 0.4) is 0 Å². The van der Waals surface area contributed by atoms with Crippen LogP contribution in [0.1, 0.15) is 38.7 Å². The molecular weight excluding hydrogens is 234 g/mol. The van der Waals surface area contributed by atoms with Crippen LogP contribution in [0.5, 0.6) is 0 Å². The third kappa shape index (κ3) is 3.24. The minimum Gasteiger partial charge on any atom is -0.306 e. The van der Waals surface area contributed by atoms with E-state index < -0.39 is 0 Å². The van der Waals surface area contributed by atoms with Crippen molar-refractivity contribution in [3.8, 4) is 5.69 Å². The maximum atomic E-state index is 4.44. The zero-order valence-electron chi connectivity index (χ0n) is 12.3. The van der Waals surface area contributed by atoms with Gasteiger partial charge in [-0.15, -0.1) is 0 Å². The molecule has 0 saturated heterocycles. The molecule has 2 rings (SSSR count). The van der Waals surface area contributed by atoms with Gasteiger partial charge in [0.1, 0.15) is 5.82 Å². The SMILES string of the molecule is CCC(C)(C)NCc1cnc(C)n1-c1ccccc1. The Balaban J connectivity index is 2.24. The molecule has 0 radical (unpaired) electrons. The summed E-state index contributed by atoms with van der Waals surface area (Å²) >= 11 is 0. The Morgan fingerprint density at radius 1 is 1.21 bits per heavy atom. The van der Waals surface area contributed by atoms with Crippen molar-refractivity contribution in [1.82, 2.24) is 14.9 Å². The van der Waals surface area contributed by atoms with Crippen LogP contribution in [0.25, 0.3) is 5.69 Å². The number of aromatic nitrogens is 2. The molecular formula is C16H23N3. The molecule has 3 nitrogen and oxygen atoms in total. The lowest BCUT2D eigenvalue weighted by atomic mass is 10.0. The number of hydrogen-bond donors (Lipinski definition) is 1. The Hall–Kier alpha value is -1.61. The zero-order chi connectivity index (χ0) is 13.9. The average Bonchev–Trinajstić information content (AvgIpc) is 2.79. The molecule has 0 aliphatic carbocycles. The number of imidazole rings is 1. The Labute approximate surface area is 115 Å². The first-order chi connectivity index (χ1) is 9.03. The first-order valence-corrected chi connectivity index (χ1v) is 6.87. The summed E-state index contributed by atoms with van der Waals surface area (Å²) in [5.74, 6) is 1.03. The van der Waals surface area contributed by atoms with Crippen molar-refractivity contribution in [2.75, 3.05) is 0 Å². The van der Waals surface area contributed by atoms with Crippen molar-refractivity contribution >= 4 is 0 Å². The number of aryl methyl sites for hydroxylation is 1. The van der Waals surface area contributed by atoms with Crippen LogP contribution in [0, 0.1) is 6.92 Å². The van der Waals surface area contributed by atoms with Gasteiger partial charge in [-0.25, -0.2) is 4.98 Å². The summed E-state index contributed by atoms with van der Waals surface area (Å²) < 4.78 is 2.21. The van der Waals surface area contributed by atoms with E-state index in [2.05, 4.69) is 59.9 Å². The Morgan fingerprint density at radius 2 is 1.89 bits per heavy atom. The molecule has 0 saturated carbocycles. The van der Waals surface area contributed by atoms with E-state index in [1.165, 1.54) is 11.4 Å². The lowest BCUT2D eigenvalue weighted by Gasteiger charge is -2.25. The molecule has 1 heterocycles. The van der Waals surface area contributed by atoms with Gasteiger partial charge < -0.3 is 5.32 Å². The van der Waals surface area contributed by atoms with Crippen molar-refractivity contribution in [2.24, 2.45) is 0 Å². The number of hydrogen-bond acceptors (Lipinski definition) is 2. The minimum absolute atomic E-state index is 0.152. The molecule has 0 fully saturated rings. The van der Waals surface area contributed by atoms with Gasteiger partial charge in [0.25, 0.3) is 0 Å². The lowest BCUT2D eigenvalue weighted by molar-refractivity contribution is 0.371. The van der Waals surface area contributed by atoms with Crippen LogP contribution in [-0.2, 0) is 6.54 Å². The second-order valence-corrected chi connectivity index (χ2v) is 5.56. The quantitative estimate of drug-likeness (QED) is 0.889. The Morgan fingerprint density at radius 3 is 2.53 bits per heavy atom. The minimum atomic E-state index is 0.152. The fraction of sp³-hybridized carbons (Fsp3) is 0.438. The molecule has 19 heavy (non-hydrogen) atoms. The van der Waals surface area contributed by atoms with Crippen molar-refractivity contribution in [3.05, 3.63) is 48.0 Å². The van der Waals surface area contributed by atoms with E-state index in [1.54, 1.807) is 0 Å². The molecule has 0 unspecified atom stereocenters. The van der Waals surface area contributed by atoms with Gasteiger partial charge in [-0.2, -0.15) is 0 Å². The summed E-state index contributed by atoms with van der Waals surface area (Å²) in [7, 11) is 0. The normalized spacial score (nSPS) is 11.8. The summed E-state index contributed by atoms with van der Waals surface area (Å²) in [6.45, 7) is 9.52. The van der Waals surface area contributed by atoms with Gasteiger partial charge in [0, 0.05) is 17.8 Å². The lowest BCUT2D eigenvalue weighted by Crippen LogP contribution is -2.38. The van der Waals surface area contributed by atoms with Crippen LogP contribution >= 0.6 is 0 Å². The van der Waals surface area contributed by atoms with Crippen LogP contribution in [-0.4, -0.2) is 15.1 Å². The van der Waals surface area contributed by atoms with Gasteiger partial charge >= 0.3 is 0 Å². The number of benzene rings is 1. The number of rotatable bonds is 5. The summed E-state index contributed by atoms with van der Waals surface area (Å²) in [4.78, 5) is 4.44. The molecule has 0 aliphatic heterocycles. The molecule has 0 bridgehead atoms. The van der Waals surface area contributed by atoms with Gasteiger partial charge in [-0.1, -0.05) is 25.1 Å². The van der Waals surface area contributed by atoms with Crippen molar-refractivity contribution < 1.29 is 0 Å². The average molecular weight is 257 g/mol. The number of nitrogens with one attached hydrogen (secondary N) is 1. The second-order valence-electron chi connectivity index (χ2n) is 5.56. The highest BCUT2D eigenvalue weighted by Gasteiger charge is 2.15. The third-order valence-corrected chi connectivity index (χ3v) is 3.66. The molecule has 102 valence electrons. The van der Waals surface area contributed by atoms with E-state index in [0.29, 0.717) is 0 Å². The molecule has 2 aromatic rings. The highest BCUT2D eigenvalue weighted by Crippen LogP contribution is 2.16. The molecule has 1 aromatic carbocycles. The Kier molecular flexibility index (Phi) is 4.05. The smallest absolute Gasteiger partial charge is 0.110 e. The molecule has 0 atom stereocenters. The van der Waals surface area contributed by atoms with Crippen LogP contribution in [0.2, 0.25) is 0 Å². The van der Waals surface area contributed by atoms with Crippen LogP contribution < -0.4 is 5.32 Å². The first-order valence-electron chi connectivity index (χ1n) is 6.87. The molecule has 1 aromatic heterocycles. The van der Waals surface area contributed by atoms with Crippen LogP contribution in [0.4, 0.5) is 0 Å². The van der Waals surface area contributed by atoms with Crippen LogP contribution in [0.15, 0.2) is 36.5 Å². The third-order valence-electron chi connectivity index (χ3n) is 3.66. The zero-order valence-corrected chi connectivity index (χ0v) is 12.3. The van der Waals surface area contributed by atoms with Gasteiger partial charge in [-0.05, 0) is 39.3 Å². The molecule has 0 aliphatic rings. The molecule has 1 N–H and O–H groups in total. The molecule has 3 heteroatoms. The van der Waals surface area contributed by atoms with E-state index >= 15 is 0 Å². The maximum absolute atomic E-state index is 4.44. The second kappa shape index (κ2) is 5.57. The summed E-state index contributed by atoms with van der Waals surface area (Å²) in [5.41, 5.74) is 2.52. The fourth-order valence-electron chi connectivity index (χ4n) is 2.00. The monoisotopic (exact) mass is 257 g/mol. The van der Waals surface area contributed by atoms with Gasteiger partial charge in [0.05, 0.1) is 11.9 Å². The largest absolute Gasteiger partial charge is 0.306 e. The standard InChI is InChI=1S/C16H23N3/c1-5-16(3,4)18-12-15-11-17-13(2)19(15)14-9-7-6-8-10-14/h6-11,18H,5,12H2,1-4H3. The maximum Gasteiger partial charge on any atom is 0.110 e. The predicted molar refractivity (Wildman–Crippen MR) is 79.5 cm³/mol. The van der Waals surface area contributed by atoms with Crippen molar-refractivity contribution in [2.45, 2.75) is 46.2 Å². The summed E-state index contributed by atoms with van der Waals surface area (Å²) in [6, 6.07) is 10.4. The summed E-state index contributed by atoms with van der Waals surface area (Å²) in [6.07, 6.45) is 3.06. The van der Waals surface area contributed by atoms with E-state index in [1.807, 2.05) is 19.2 Å². The first kappa shape index (κ1) is 13.8. The van der Waals surface area contributed by atoms with Crippen molar-refractivity contribution in [1.29, 1.82) is 0 Å². The van der Waals surface area contributed by atoms with E-state index in [-0.39, 0.29) is 5.54 Å². The number of nitrogens with zero attached hydrogens (tertiary/aromatic N) is 2. The van der Waals surface area contributed by atoms with Gasteiger partial charge in [-0.3, -0.25) is 4.57 Å². The van der Waals surface area contributed by atoms with Gasteiger partial charge in [0.2, 0.25) is 0 Å². The number of para-hydroxylation sites is 1. The Bertz CT molecular complexity index is 526. The highest BCUT2D eigenvalue weighted by molar-refractivity contribution is 5.35. The van der Waals surface area contributed by atoms with E-state index in [0.717, 1.165) is 18.8 Å². The topological polar surface area (TPSA) is 29.9 Å². The van der Waals surface area contributed by atoms with E-state index in [4.69, 9.17) is 0 Å². The molecule has 0 amide bonds. The fourth-order valence-corrected chi connectivity index (χ4v) is 2.00. The predicted octanol–water partition coefficient (Wildman–Crippen LogP) is 3.46.